The molecule has 2 aromatic rings. The minimum absolute atomic E-state index is 0.226. The Labute approximate surface area is 103 Å². The fourth-order valence-corrected chi connectivity index (χ4v) is 1.72. The minimum atomic E-state index is -0.231. The van der Waals surface area contributed by atoms with Gasteiger partial charge >= 0.3 is 0 Å². The highest BCUT2D eigenvalue weighted by Crippen LogP contribution is 2.20. The van der Waals surface area contributed by atoms with Crippen molar-refractivity contribution in [2.75, 3.05) is 5.32 Å². The summed E-state index contributed by atoms with van der Waals surface area (Å²) in [6.07, 6.45) is 0. The average molecular weight is 228 g/mol. The Morgan fingerprint density at radius 3 is 2.35 bits per heavy atom. The second kappa shape index (κ2) is 4.38. The van der Waals surface area contributed by atoms with Gasteiger partial charge in [-0.25, -0.2) is 0 Å². The highest BCUT2D eigenvalue weighted by atomic mass is 15.0. The van der Waals surface area contributed by atoms with Crippen molar-refractivity contribution >= 4 is 16.5 Å². The Hall–Kier alpha value is -1.54. The van der Waals surface area contributed by atoms with Gasteiger partial charge in [-0.2, -0.15) is 0 Å². The molecule has 0 aliphatic heterocycles. The van der Waals surface area contributed by atoms with E-state index in [1.807, 2.05) is 13.8 Å². The number of nitrogens with one attached hydrogen (secondary N) is 1. The molecular formula is C15H20N2. The number of benzene rings is 2. The molecule has 3 N–H and O–H groups in total. The van der Waals surface area contributed by atoms with E-state index in [1.54, 1.807) is 0 Å². The molecule has 0 spiro atoms. The molecular weight excluding hydrogens is 208 g/mol. The molecule has 0 fully saturated rings. The molecule has 0 radical (unpaired) electrons. The van der Waals surface area contributed by atoms with Crippen molar-refractivity contribution in [3.63, 3.8) is 0 Å². The predicted octanol–water partition coefficient (Wildman–Crippen LogP) is 3.38. The monoisotopic (exact) mass is 228 g/mol. The molecule has 0 saturated heterocycles. The lowest BCUT2D eigenvalue weighted by molar-refractivity contribution is 0.456. The molecule has 1 unspecified atom stereocenters. The first-order valence-electron chi connectivity index (χ1n) is 6.01. The van der Waals surface area contributed by atoms with Crippen LogP contribution >= 0.6 is 0 Å². The van der Waals surface area contributed by atoms with Crippen LogP contribution in [0.1, 0.15) is 20.8 Å². The van der Waals surface area contributed by atoms with E-state index >= 15 is 0 Å². The van der Waals surface area contributed by atoms with Crippen LogP contribution < -0.4 is 11.1 Å². The Morgan fingerprint density at radius 1 is 1.06 bits per heavy atom. The second-order valence-corrected chi connectivity index (χ2v) is 5.25. The summed E-state index contributed by atoms with van der Waals surface area (Å²) >= 11 is 0. The molecule has 0 bridgehead atoms. The van der Waals surface area contributed by atoms with Crippen molar-refractivity contribution in [1.82, 2.24) is 0 Å². The summed E-state index contributed by atoms with van der Waals surface area (Å²) < 4.78 is 0. The van der Waals surface area contributed by atoms with Crippen LogP contribution in [0, 0.1) is 0 Å². The number of hydrogen-bond donors (Lipinski definition) is 2. The van der Waals surface area contributed by atoms with Gasteiger partial charge in [0.15, 0.2) is 0 Å². The zero-order chi connectivity index (χ0) is 12.5. The molecule has 90 valence electrons. The maximum atomic E-state index is 6.08. The molecule has 0 aliphatic rings. The maximum absolute atomic E-state index is 6.08. The Bertz CT molecular complexity index is 512. The number of hydrogen-bond acceptors (Lipinski definition) is 2. The molecule has 0 aromatic heterocycles. The van der Waals surface area contributed by atoms with Gasteiger partial charge in [0.25, 0.3) is 0 Å². The first-order valence-corrected chi connectivity index (χ1v) is 6.01. The topological polar surface area (TPSA) is 38.0 Å². The van der Waals surface area contributed by atoms with Gasteiger partial charge in [0.05, 0.1) is 0 Å². The van der Waals surface area contributed by atoms with Crippen LogP contribution in [-0.4, -0.2) is 11.6 Å². The van der Waals surface area contributed by atoms with Gasteiger partial charge in [0, 0.05) is 17.3 Å². The number of anilines is 1. The van der Waals surface area contributed by atoms with Gasteiger partial charge in [-0.05, 0) is 43.7 Å². The van der Waals surface area contributed by atoms with Crippen molar-refractivity contribution in [1.29, 1.82) is 0 Å². The smallest absolute Gasteiger partial charge is 0.0407 e. The molecule has 2 rings (SSSR count). The zero-order valence-corrected chi connectivity index (χ0v) is 10.7. The minimum Gasteiger partial charge on any atom is -0.381 e. The second-order valence-electron chi connectivity index (χ2n) is 5.25. The first kappa shape index (κ1) is 11.9. The lowest BCUT2D eigenvalue weighted by Crippen LogP contribution is -2.47. The molecule has 2 heteroatoms. The van der Waals surface area contributed by atoms with E-state index in [0.717, 1.165) is 5.69 Å². The molecule has 0 aliphatic carbocycles. The summed E-state index contributed by atoms with van der Waals surface area (Å²) in [6, 6.07) is 15.0. The van der Waals surface area contributed by atoms with Gasteiger partial charge in [-0.1, -0.05) is 30.3 Å². The number of nitrogens with two attached hydrogens (primary N) is 1. The quantitative estimate of drug-likeness (QED) is 0.845. The van der Waals surface area contributed by atoms with Gasteiger partial charge < -0.3 is 11.1 Å². The third kappa shape index (κ3) is 2.77. The Morgan fingerprint density at radius 2 is 1.71 bits per heavy atom. The van der Waals surface area contributed by atoms with Crippen LogP contribution in [0.15, 0.2) is 42.5 Å². The predicted molar refractivity (Wildman–Crippen MR) is 75.3 cm³/mol. The van der Waals surface area contributed by atoms with Crippen molar-refractivity contribution in [3.05, 3.63) is 42.5 Å². The summed E-state index contributed by atoms with van der Waals surface area (Å²) in [6.45, 7) is 6.17. The number of rotatable bonds is 3. The van der Waals surface area contributed by atoms with E-state index in [1.165, 1.54) is 10.8 Å². The van der Waals surface area contributed by atoms with Crippen molar-refractivity contribution < 1.29 is 0 Å². The molecule has 0 saturated carbocycles. The van der Waals surface area contributed by atoms with Gasteiger partial charge in [-0.3, -0.25) is 0 Å². The van der Waals surface area contributed by atoms with Crippen LogP contribution in [0.2, 0.25) is 0 Å². The van der Waals surface area contributed by atoms with E-state index in [9.17, 15) is 0 Å². The van der Waals surface area contributed by atoms with Crippen LogP contribution in [-0.2, 0) is 0 Å². The van der Waals surface area contributed by atoms with E-state index in [2.05, 4.69) is 54.7 Å². The first-order chi connectivity index (χ1) is 7.97. The average Bonchev–Trinajstić information content (AvgIpc) is 2.27. The van der Waals surface area contributed by atoms with E-state index in [-0.39, 0.29) is 11.6 Å². The Balaban J connectivity index is 2.25. The largest absolute Gasteiger partial charge is 0.381 e. The summed E-state index contributed by atoms with van der Waals surface area (Å²) in [5.41, 5.74) is 6.97. The van der Waals surface area contributed by atoms with Crippen molar-refractivity contribution in [2.45, 2.75) is 32.4 Å². The zero-order valence-electron chi connectivity index (χ0n) is 10.7. The lowest BCUT2D eigenvalue weighted by atomic mass is 9.97. The summed E-state index contributed by atoms with van der Waals surface area (Å²) in [4.78, 5) is 0. The molecule has 2 nitrogen and oxygen atoms in total. The third-order valence-corrected chi connectivity index (χ3v) is 3.25. The molecule has 2 aromatic carbocycles. The standard InChI is InChI=1S/C15H20N2/c1-11(15(2,3)16)17-14-9-8-12-6-4-5-7-13(12)10-14/h4-11,17H,16H2,1-3H3. The highest BCUT2D eigenvalue weighted by molar-refractivity contribution is 5.85. The van der Waals surface area contributed by atoms with Crippen molar-refractivity contribution in [3.8, 4) is 0 Å². The SMILES string of the molecule is CC(Nc1ccc2ccccc2c1)C(C)(C)N. The fourth-order valence-electron chi connectivity index (χ4n) is 1.72. The highest BCUT2D eigenvalue weighted by Gasteiger charge is 2.19. The van der Waals surface area contributed by atoms with Gasteiger partial charge in [-0.15, -0.1) is 0 Å². The molecule has 0 heterocycles. The number of fused-ring (bicyclic) bond motifs is 1. The van der Waals surface area contributed by atoms with Crippen LogP contribution in [0.5, 0.6) is 0 Å². The fraction of sp³-hybridized carbons (Fsp3) is 0.333. The summed E-state index contributed by atoms with van der Waals surface area (Å²) in [5, 5.41) is 5.96. The van der Waals surface area contributed by atoms with Crippen LogP contribution in [0.4, 0.5) is 5.69 Å². The maximum Gasteiger partial charge on any atom is 0.0407 e. The summed E-state index contributed by atoms with van der Waals surface area (Å²) in [7, 11) is 0. The normalized spacial score (nSPS) is 13.6. The van der Waals surface area contributed by atoms with Crippen molar-refractivity contribution in [2.24, 2.45) is 5.73 Å². The van der Waals surface area contributed by atoms with E-state index in [4.69, 9.17) is 5.73 Å². The van der Waals surface area contributed by atoms with Gasteiger partial charge in [0.1, 0.15) is 0 Å². The molecule has 17 heavy (non-hydrogen) atoms. The molecule has 0 amide bonds. The molecule has 1 atom stereocenters. The van der Waals surface area contributed by atoms with Gasteiger partial charge in [0.2, 0.25) is 0 Å². The third-order valence-electron chi connectivity index (χ3n) is 3.25. The van der Waals surface area contributed by atoms with Crippen LogP contribution in [0.25, 0.3) is 10.8 Å². The van der Waals surface area contributed by atoms with E-state index in [0.29, 0.717) is 0 Å². The van der Waals surface area contributed by atoms with Crippen LogP contribution in [0.3, 0.4) is 0 Å². The Kier molecular flexibility index (Phi) is 3.07. The lowest BCUT2D eigenvalue weighted by Gasteiger charge is -2.29. The van der Waals surface area contributed by atoms with E-state index < -0.39 is 0 Å². The summed E-state index contributed by atoms with van der Waals surface area (Å²) in [5.74, 6) is 0.